The number of rotatable bonds is 3. The first-order valence-electron chi connectivity index (χ1n) is 7.54. The number of carbonyl (C=O) groups excluding carboxylic acids is 1. The van der Waals surface area contributed by atoms with Crippen LogP contribution in [0, 0.1) is 6.92 Å². The molecular weight excluding hydrogens is 278 g/mol. The first kappa shape index (κ1) is 14.7. The summed E-state index contributed by atoms with van der Waals surface area (Å²) in [6.45, 7) is 5.96. The molecule has 1 aliphatic rings. The molecule has 22 heavy (non-hydrogen) atoms. The van der Waals surface area contributed by atoms with E-state index in [1.54, 1.807) is 10.9 Å². The second-order valence-corrected chi connectivity index (χ2v) is 5.68. The molecule has 0 aromatic carbocycles. The molecule has 0 unspecified atom stereocenters. The van der Waals surface area contributed by atoms with Crippen LogP contribution in [0.2, 0.25) is 0 Å². The molecule has 6 nitrogen and oxygen atoms in total. The second-order valence-electron chi connectivity index (χ2n) is 5.68. The van der Waals surface area contributed by atoms with Crippen molar-refractivity contribution in [1.29, 1.82) is 0 Å². The summed E-state index contributed by atoms with van der Waals surface area (Å²) < 4.78 is 1.80. The van der Waals surface area contributed by atoms with Crippen LogP contribution in [0.25, 0.3) is 0 Å². The lowest BCUT2D eigenvalue weighted by Gasteiger charge is -2.34. The van der Waals surface area contributed by atoms with Gasteiger partial charge in [-0.25, -0.2) is 4.98 Å². The summed E-state index contributed by atoms with van der Waals surface area (Å²) in [5.74, 6) is 0.0787. The zero-order valence-corrected chi connectivity index (χ0v) is 13.1. The average Bonchev–Trinajstić information content (AvgIpc) is 2.87. The third-order valence-corrected chi connectivity index (χ3v) is 4.09. The van der Waals surface area contributed by atoms with Gasteiger partial charge in [-0.2, -0.15) is 0 Å². The summed E-state index contributed by atoms with van der Waals surface area (Å²) in [6, 6.07) is 5.97. The first-order valence-corrected chi connectivity index (χ1v) is 7.54. The van der Waals surface area contributed by atoms with E-state index >= 15 is 0 Å². The van der Waals surface area contributed by atoms with Crippen molar-refractivity contribution in [3.8, 4) is 0 Å². The van der Waals surface area contributed by atoms with Crippen molar-refractivity contribution in [3.63, 3.8) is 0 Å². The van der Waals surface area contributed by atoms with Crippen molar-refractivity contribution in [3.05, 3.63) is 47.8 Å². The van der Waals surface area contributed by atoms with Gasteiger partial charge in [0.1, 0.15) is 5.69 Å². The van der Waals surface area contributed by atoms with Gasteiger partial charge in [0.25, 0.3) is 5.91 Å². The van der Waals surface area contributed by atoms with Gasteiger partial charge in [0.2, 0.25) is 0 Å². The largest absolute Gasteiger partial charge is 0.335 e. The Hall–Kier alpha value is -2.21. The van der Waals surface area contributed by atoms with Crippen LogP contribution in [0.4, 0.5) is 0 Å². The van der Waals surface area contributed by atoms with Gasteiger partial charge in [0.05, 0.1) is 17.7 Å². The molecule has 6 heteroatoms. The van der Waals surface area contributed by atoms with Crippen molar-refractivity contribution in [2.45, 2.75) is 13.5 Å². The van der Waals surface area contributed by atoms with Gasteiger partial charge >= 0.3 is 0 Å². The zero-order chi connectivity index (χ0) is 15.5. The molecule has 116 valence electrons. The predicted molar refractivity (Wildman–Crippen MR) is 83.4 cm³/mol. The number of hydrogen-bond donors (Lipinski definition) is 0. The average molecular weight is 299 g/mol. The van der Waals surface area contributed by atoms with Crippen LogP contribution < -0.4 is 0 Å². The minimum absolute atomic E-state index is 0.0787. The Labute approximate surface area is 130 Å². The van der Waals surface area contributed by atoms with E-state index in [1.807, 2.05) is 43.3 Å². The van der Waals surface area contributed by atoms with Gasteiger partial charge in [-0.15, -0.1) is 0 Å². The quantitative estimate of drug-likeness (QED) is 0.851. The van der Waals surface area contributed by atoms with Crippen molar-refractivity contribution in [1.82, 2.24) is 24.3 Å². The Morgan fingerprint density at radius 3 is 2.55 bits per heavy atom. The molecule has 3 rings (SSSR count). The standard InChI is InChI=1S/C16H21N5O/c1-13-15(19(2)12-18-13)16(22)21-9-7-20(8-10-21)11-14-5-3-4-6-17-14/h3-6,12H,7-11H2,1-2H3. The number of aromatic nitrogens is 3. The Bertz CT molecular complexity index is 624. The fraction of sp³-hybridized carbons (Fsp3) is 0.438. The number of imidazole rings is 1. The maximum absolute atomic E-state index is 12.6. The third kappa shape index (κ3) is 3.01. The van der Waals surface area contributed by atoms with Gasteiger partial charge in [-0.1, -0.05) is 6.07 Å². The highest BCUT2D eigenvalue weighted by Gasteiger charge is 2.25. The number of hydrogen-bond acceptors (Lipinski definition) is 4. The SMILES string of the molecule is Cc1ncn(C)c1C(=O)N1CCN(Cc2ccccn2)CC1. The number of nitrogens with zero attached hydrogens (tertiary/aromatic N) is 5. The molecular formula is C16H21N5O. The third-order valence-electron chi connectivity index (χ3n) is 4.09. The minimum atomic E-state index is 0.0787. The number of aryl methyl sites for hydroxylation is 2. The number of carbonyl (C=O) groups is 1. The molecule has 0 atom stereocenters. The molecule has 0 radical (unpaired) electrons. The topological polar surface area (TPSA) is 54.3 Å². The van der Waals surface area contributed by atoms with Crippen LogP contribution >= 0.6 is 0 Å². The molecule has 0 spiro atoms. The molecule has 2 aromatic rings. The highest BCUT2D eigenvalue weighted by molar-refractivity contribution is 5.93. The second kappa shape index (κ2) is 6.27. The van der Waals surface area contributed by atoms with Crippen molar-refractivity contribution in [2.75, 3.05) is 26.2 Å². The fourth-order valence-electron chi connectivity index (χ4n) is 2.83. The van der Waals surface area contributed by atoms with Crippen LogP contribution in [-0.4, -0.2) is 56.4 Å². The summed E-state index contributed by atoms with van der Waals surface area (Å²) in [5, 5.41) is 0. The summed E-state index contributed by atoms with van der Waals surface area (Å²) in [7, 11) is 1.87. The van der Waals surface area contributed by atoms with Gasteiger partial charge < -0.3 is 9.47 Å². The maximum Gasteiger partial charge on any atom is 0.272 e. The number of pyridine rings is 1. The van der Waals surface area contributed by atoms with E-state index in [1.165, 1.54) is 0 Å². The van der Waals surface area contributed by atoms with Crippen LogP contribution in [0.15, 0.2) is 30.7 Å². The van der Waals surface area contributed by atoms with Crippen LogP contribution in [-0.2, 0) is 13.6 Å². The zero-order valence-electron chi connectivity index (χ0n) is 13.1. The maximum atomic E-state index is 12.6. The summed E-state index contributed by atoms with van der Waals surface area (Å²) in [6.07, 6.45) is 3.51. The Kier molecular flexibility index (Phi) is 4.20. The van der Waals surface area contributed by atoms with E-state index in [4.69, 9.17) is 0 Å². The predicted octanol–water partition coefficient (Wildman–Crippen LogP) is 1.08. The van der Waals surface area contributed by atoms with Crippen molar-refractivity contribution < 1.29 is 4.79 Å². The number of amides is 1. The van der Waals surface area contributed by atoms with E-state index in [9.17, 15) is 4.79 Å². The van der Waals surface area contributed by atoms with E-state index in [-0.39, 0.29) is 5.91 Å². The summed E-state index contributed by atoms with van der Waals surface area (Å²) >= 11 is 0. The van der Waals surface area contributed by atoms with Crippen molar-refractivity contribution in [2.24, 2.45) is 7.05 Å². The van der Waals surface area contributed by atoms with E-state index < -0.39 is 0 Å². The van der Waals surface area contributed by atoms with E-state index in [0.29, 0.717) is 5.69 Å². The fourth-order valence-corrected chi connectivity index (χ4v) is 2.83. The van der Waals surface area contributed by atoms with Crippen LogP contribution in [0.3, 0.4) is 0 Å². The van der Waals surface area contributed by atoms with Crippen molar-refractivity contribution >= 4 is 5.91 Å². The molecule has 0 bridgehead atoms. The Morgan fingerprint density at radius 2 is 1.95 bits per heavy atom. The molecule has 3 heterocycles. The van der Waals surface area contributed by atoms with Gasteiger partial charge in [-0.05, 0) is 19.1 Å². The van der Waals surface area contributed by atoms with Gasteiger partial charge in [-0.3, -0.25) is 14.7 Å². The molecule has 2 aromatic heterocycles. The van der Waals surface area contributed by atoms with Crippen LogP contribution in [0.5, 0.6) is 0 Å². The normalized spacial score (nSPS) is 16.0. The lowest BCUT2D eigenvalue weighted by Crippen LogP contribution is -2.48. The van der Waals surface area contributed by atoms with E-state index in [0.717, 1.165) is 44.1 Å². The highest BCUT2D eigenvalue weighted by atomic mass is 16.2. The Morgan fingerprint density at radius 1 is 1.18 bits per heavy atom. The monoisotopic (exact) mass is 299 g/mol. The lowest BCUT2D eigenvalue weighted by molar-refractivity contribution is 0.0617. The number of piperazine rings is 1. The molecule has 0 N–H and O–H groups in total. The first-order chi connectivity index (χ1) is 10.6. The molecule has 0 saturated carbocycles. The van der Waals surface area contributed by atoms with Gasteiger partial charge in [0, 0.05) is 46.0 Å². The molecule has 1 saturated heterocycles. The molecule has 1 amide bonds. The van der Waals surface area contributed by atoms with E-state index in [2.05, 4.69) is 14.9 Å². The van der Waals surface area contributed by atoms with Crippen LogP contribution in [0.1, 0.15) is 21.9 Å². The molecule has 0 aliphatic carbocycles. The van der Waals surface area contributed by atoms with Gasteiger partial charge in [0.15, 0.2) is 0 Å². The summed E-state index contributed by atoms with van der Waals surface area (Å²) in [5.41, 5.74) is 2.56. The Balaban J connectivity index is 1.59. The smallest absolute Gasteiger partial charge is 0.272 e. The molecule has 1 aliphatic heterocycles. The minimum Gasteiger partial charge on any atom is -0.335 e. The summed E-state index contributed by atoms with van der Waals surface area (Å²) in [4.78, 5) is 25.4. The highest BCUT2D eigenvalue weighted by Crippen LogP contribution is 2.12. The lowest BCUT2D eigenvalue weighted by atomic mass is 10.2. The molecule has 1 fully saturated rings.